The van der Waals surface area contributed by atoms with E-state index in [4.69, 9.17) is 9.47 Å². The van der Waals surface area contributed by atoms with Gasteiger partial charge in [-0.05, 0) is 88.1 Å². The molecular formula is C31H39N5O5S. The minimum absolute atomic E-state index is 0.0251. The number of pyridine rings is 2. The number of alkyl carbamates (subject to hydrolysis) is 1. The molecule has 3 aromatic rings. The third-order valence-electron chi connectivity index (χ3n) is 7.73. The van der Waals surface area contributed by atoms with Crippen molar-refractivity contribution in [2.45, 2.75) is 82.1 Å². The SMILES string of the molecule is COc1ccc2ccc(=O)n(CC(NC(=O)OC(C)(C)C)[C@H]3CC[C@H](NCc4ccc5c(n4)NC(=O)CS5)CC3)c2c1. The maximum atomic E-state index is 13.1. The zero-order valence-corrected chi connectivity index (χ0v) is 25.4. The Kier molecular flexibility index (Phi) is 9.08. The van der Waals surface area contributed by atoms with Crippen molar-refractivity contribution in [3.8, 4) is 5.75 Å². The highest BCUT2D eigenvalue weighted by Crippen LogP contribution is 2.31. The lowest BCUT2D eigenvalue weighted by atomic mass is 9.81. The first-order valence-electron chi connectivity index (χ1n) is 14.4. The minimum Gasteiger partial charge on any atom is -0.497 e. The molecule has 1 fully saturated rings. The first kappa shape index (κ1) is 29.9. The number of nitrogens with zero attached hydrogens (tertiary/aromatic N) is 2. The monoisotopic (exact) mass is 593 g/mol. The third-order valence-corrected chi connectivity index (χ3v) is 8.77. The molecule has 1 aromatic carbocycles. The second kappa shape index (κ2) is 12.7. The fourth-order valence-corrected chi connectivity index (χ4v) is 6.39. The van der Waals surface area contributed by atoms with Crippen LogP contribution in [-0.2, 0) is 22.6 Å². The van der Waals surface area contributed by atoms with Crippen LogP contribution in [0.2, 0.25) is 0 Å². The molecule has 1 unspecified atom stereocenters. The summed E-state index contributed by atoms with van der Waals surface area (Å²) in [5.74, 6) is 1.86. The Morgan fingerprint density at radius 2 is 1.88 bits per heavy atom. The van der Waals surface area contributed by atoms with Crippen LogP contribution in [0.25, 0.3) is 10.9 Å². The normalized spacial score (nSPS) is 19.5. The molecule has 10 nitrogen and oxygen atoms in total. The van der Waals surface area contributed by atoms with Gasteiger partial charge in [0.05, 0.1) is 35.0 Å². The van der Waals surface area contributed by atoms with E-state index < -0.39 is 11.7 Å². The average molecular weight is 594 g/mol. The largest absolute Gasteiger partial charge is 0.497 e. The number of carbonyl (C=O) groups is 2. The highest BCUT2D eigenvalue weighted by atomic mass is 32.2. The molecule has 5 rings (SSSR count). The van der Waals surface area contributed by atoms with Gasteiger partial charge < -0.3 is 30.0 Å². The Bertz CT molecular complexity index is 1510. The lowest BCUT2D eigenvalue weighted by Gasteiger charge is -2.35. The number of aromatic nitrogens is 2. The van der Waals surface area contributed by atoms with E-state index in [1.165, 1.54) is 11.8 Å². The van der Waals surface area contributed by atoms with Gasteiger partial charge in [-0.25, -0.2) is 9.78 Å². The smallest absolute Gasteiger partial charge is 0.407 e. The van der Waals surface area contributed by atoms with E-state index in [0.717, 1.165) is 47.2 Å². The van der Waals surface area contributed by atoms with Crippen LogP contribution in [0.3, 0.4) is 0 Å². The number of hydrogen-bond donors (Lipinski definition) is 3. The van der Waals surface area contributed by atoms with E-state index in [2.05, 4.69) is 20.9 Å². The number of fused-ring (bicyclic) bond motifs is 2. The third kappa shape index (κ3) is 7.43. The highest BCUT2D eigenvalue weighted by molar-refractivity contribution is 8.00. The van der Waals surface area contributed by atoms with Crippen molar-refractivity contribution >= 4 is 40.5 Å². The molecule has 0 radical (unpaired) electrons. The lowest BCUT2D eigenvalue weighted by molar-refractivity contribution is -0.113. The molecule has 2 amide bonds. The zero-order valence-electron chi connectivity index (χ0n) is 24.6. The number of methoxy groups -OCH3 is 1. The molecule has 1 aliphatic carbocycles. The summed E-state index contributed by atoms with van der Waals surface area (Å²) >= 11 is 1.50. The van der Waals surface area contributed by atoms with Crippen molar-refractivity contribution in [3.05, 3.63) is 58.5 Å². The van der Waals surface area contributed by atoms with Gasteiger partial charge in [0.1, 0.15) is 17.2 Å². The summed E-state index contributed by atoms with van der Waals surface area (Å²) < 4.78 is 12.7. The van der Waals surface area contributed by atoms with Crippen molar-refractivity contribution in [1.29, 1.82) is 0 Å². The number of ether oxygens (including phenoxy) is 2. The van der Waals surface area contributed by atoms with Crippen LogP contribution in [0.1, 0.15) is 52.1 Å². The van der Waals surface area contributed by atoms with Gasteiger partial charge in [0.25, 0.3) is 5.56 Å². The van der Waals surface area contributed by atoms with Gasteiger partial charge in [0.15, 0.2) is 0 Å². The van der Waals surface area contributed by atoms with Crippen molar-refractivity contribution in [2.75, 3.05) is 18.2 Å². The number of hydrogen-bond acceptors (Lipinski definition) is 8. The molecule has 224 valence electrons. The van der Waals surface area contributed by atoms with E-state index in [1.54, 1.807) is 17.7 Å². The van der Waals surface area contributed by atoms with Gasteiger partial charge in [0, 0.05) is 31.3 Å². The van der Waals surface area contributed by atoms with E-state index in [1.807, 2.05) is 57.2 Å². The topological polar surface area (TPSA) is 124 Å². The molecule has 1 saturated carbocycles. The Morgan fingerprint density at radius 3 is 2.62 bits per heavy atom. The molecule has 0 bridgehead atoms. The number of rotatable bonds is 8. The Labute approximate surface area is 249 Å². The summed E-state index contributed by atoms with van der Waals surface area (Å²) in [4.78, 5) is 43.4. The molecule has 3 N–H and O–H groups in total. The average Bonchev–Trinajstić information content (AvgIpc) is 2.95. The summed E-state index contributed by atoms with van der Waals surface area (Å²) in [7, 11) is 1.60. The maximum absolute atomic E-state index is 13.1. The summed E-state index contributed by atoms with van der Waals surface area (Å²) in [6.07, 6.45) is 3.12. The number of benzene rings is 1. The molecule has 0 saturated heterocycles. The zero-order chi connectivity index (χ0) is 29.9. The second-order valence-corrected chi connectivity index (χ2v) is 13.0. The van der Waals surface area contributed by atoms with Crippen LogP contribution in [0.15, 0.2) is 52.2 Å². The van der Waals surface area contributed by atoms with Crippen molar-refractivity contribution < 1.29 is 19.1 Å². The quantitative estimate of drug-likeness (QED) is 0.344. The Morgan fingerprint density at radius 1 is 1.12 bits per heavy atom. The van der Waals surface area contributed by atoms with E-state index in [9.17, 15) is 14.4 Å². The number of thioether (sulfide) groups is 1. The van der Waals surface area contributed by atoms with Gasteiger partial charge >= 0.3 is 6.09 Å². The van der Waals surface area contributed by atoms with Crippen molar-refractivity contribution in [2.24, 2.45) is 5.92 Å². The minimum atomic E-state index is -0.633. The molecule has 2 aliphatic rings. The molecule has 42 heavy (non-hydrogen) atoms. The molecule has 1 atom stereocenters. The lowest BCUT2D eigenvalue weighted by Crippen LogP contribution is -2.48. The van der Waals surface area contributed by atoms with Crippen LogP contribution >= 0.6 is 11.8 Å². The predicted octanol–water partition coefficient (Wildman–Crippen LogP) is 4.69. The van der Waals surface area contributed by atoms with E-state index in [-0.39, 0.29) is 23.4 Å². The highest BCUT2D eigenvalue weighted by Gasteiger charge is 2.31. The van der Waals surface area contributed by atoms with Crippen LogP contribution in [-0.4, -0.2) is 52.1 Å². The fourth-order valence-electron chi connectivity index (χ4n) is 5.63. The van der Waals surface area contributed by atoms with Crippen LogP contribution in [0.4, 0.5) is 10.6 Å². The summed E-state index contributed by atoms with van der Waals surface area (Å²) in [6.45, 7) is 6.45. The van der Waals surface area contributed by atoms with Gasteiger partial charge in [0.2, 0.25) is 5.91 Å². The molecular weight excluding hydrogens is 554 g/mol. The van der Waals surface area contributed by atoms with Crippen LogP contribution in [0.5, 0.6) is 5.75 Å². The molecule has 11 heteroatoms. The van der Waals surface area contributed by atoms with Crippen LogP contribution in [0, 0.1) is 5.92 Å². The van der Waals surface area contributed by atoms with Gasteiger partial charge in [-0.1, -0.05) is 0 Å². The fraction of sp³-hybridized carbons (Fsp3) is 0.484. The van der Waals surface area contributed by atoms with Gasteiger partial charge in [-0.15, -0.1) is 11.8 Å². The molecule has 3 heterocycles. The van der Waals surface area contributed by atoms with Gasteiger partial charge in [-0.2, -0.15) is 0 Å². The summed E-state index contributed by atoms with van der Waals surface area (Å²) in [6, 6.07) is 13.1. The number of amides is 2. The number of anilines is 1. The predicted molar refractivity (Wildman–Crippen MR) is 164 cm³/mol. The summed E-state index contributed by atoms with van der Waals surface area (Å²) in [5.41, 5.74) is 0.884. The summed E-state index contributed by atoms with van der Waals surface area (Å²) in [5, 5.41) is 10.5. The van der Waals surface area contributed by atoms with Gasteiger partial charge in [-0.3, -0.25) is 9.59 Å². The van der Waals surface area contributed by atoms with Crippen LogP contribution < -0.4 is 26.2 Å². The molecule has 2 aromatic heterocycles. The van der Waals surface area contributed by atoms with Crippen molar-refractivity contribution in [1.82, 2.24) is 20.2 Å². The Hall–Kier alpha value is -3.57. The molecule has 0 spiro atoms. The van der Waals surface area contributed by atoms with E-state index >= 15 is 0 Å². The first-order valence-corrected chi connectivity index (χ1v) is 15.4. The van der Waals surface area contributed by atoms with Crippen molar-refractivity contribution in [3.63, 3.8) is 0 Å². The maximum Gasteiger partial charge on any atom is 0.407 e. The number of carbonyl (C=O) groups excluding carboxylic acids is 2. The standard InChI is InChI=1S/C31H39N5O5S/c1-31(2,3)41-30(39)34-24(17-36-25-15-23(40-4)12-7-20(25)8-14-28(36)38)19-5-9-21(10-6-19)32-16-22-11-13-26-29(33-22)35-27(37)18-42-26/h7-8,11-15,19,21,24,32H,5-6,9-10,16-18H2,1-4H3,(H,34,39)(H,33,35,37)/t19-,21-,24?. The molecule has 1 aliphatic heterocycles. The number of nitrogens with one attached hydrogen (secondary N) is 3. The Balaban J connectivity index is 1.28. The first-order chi connectivity index (χ1) is 20.1. The second-order valence-electron chi connectivity index (χ2n) is 11.9. The van der Waals surface area contributed by atoms with E-state index in [0.29, 0.717) is 36.5 Å².